The van der Waals surface area contributed by atoms with Crippen LogP contribution in [0.5, 0.6) is 0 Å². The van der Waals surface area contributed by atoms with E-state index in [-0.39, 0.29) is 12.5 Å². The fourth-order valence-corrected chi connectivity index (χ4v) is 1.32. The smallest absolute Gasteiger partial charge is 0.239 e. The summed E-state index contributed by atoms with van der Waals surface area (Å²) in [4.78, 5) is 11.7. The van der Waals surface area contributed by atoms with Gasteiger partial charge in [-0.25, -0.2) is 0 Å². The molecule has 1 atom stereocenters. The van der Waals surface area contributed by atoms with E-state index in [1.165, 1.54) is 0 Å². The fraction of sp³-hybridized carbons (Fsp3) is 0.900. The highest BCUT2D eigenvalue weighted by atomic mass is 16.5. The van der Waals surface area contributed by atoms with Crippen molar-refractivity contribution in [1.82, 2.24) is 10.6 Å². The summed E-state index contributed by atoms with van der Waals surface area (Å²) in [6.07, 6.45) is 0.577. The highest BCUT2D eigenvalue weighted by molar-refractivity contribution is 5.85. The lowest BCUT2D eigenvalue weighted by Crippen LogP contribution is -2.54. The van der Waals surface area contributed by atoms with Crippen LogP contribution >= 0.6 is 0 Å². The first-order valence-electron chi connectivity index (χ1n) is 5.17. The van der Waals surface area contributed by atoms with Crippen molar-refractivity contribution in [2.45, 2.75) is 31.4 Å². The highest BCUT2D eigenvalue weighted by Gasteiger charge is 2.34. The maximum absolute atomic E-state index is 11.7. The fourth-order valence-electron chi connectivity index (χ4n) is 1.32. The van der Waals surface area contributed by atoms with Crippen LogP contribution in [-0.4, -0.2) is 49.0 Å². The molecule has 1 saturated heterocycles. The van der Waals surface area contributed by atoms with Crippen LogP contribution in [0.3, 0.4) is 0 Å². The van der Waals surface area contributed by atoms with E-state index in [9.17, 15) is 9.90 Å². The van der Waals surface area contributed by atoms with Gasteiger partial charge >= 0.3 is 0 Å². The molecule has 0 aromatic carbocycles. The van der Waals surface area contributed by atoms with Crippen molar-refractivity contribution < 1.29 is 14.6 Å². The number of likely N-dealkylation sites (N-methyl/N-ethyl adjacent to an activating group) is 1. The van der Waals surface area contributed by atoms with E-state index >= 15 is 0 Å². The molecule has 1 heterocycles. The summed E-state index contributed by atoms with van der Waals surface area (Å²) in [6.45, 7) is 4.68. The minimum absolute atomic E-state index is 0.120. The van der Waals surface area contributed by atoms with E-state index in [2.05, 4.69) is 10.6 Å². The average Bonchev–Trinajstić information content (AvgIpc) is 2.62. The van der Waals surface area contributed by atoms with Crippen molar-refractivity contribution in [3.63, 3.8) is 0 Å². The summed E-state index contributed by atoms with van der Waals surface area (Å²) >= 11 is 0. The maximum atomic E-state index is 11.7. The standard InChI is InChI=1S/C10H20N2O3/c1-9(2,11-3)8(13)12-6-10(14)4-5-15-7-10/h11,14H,4-7H2,1-3H3,(H,12,13). The van der Waals surface area contributed by atoms with Crippen molar-refractivity contribution >= 4 is 5.91 Å². The molecule has 3 N–H and O–H groups in total. The van der Waals surface area contributed by atoms with Gasteiger partial charge in [-0.2, -0.15) is 0 Å². The molecule has 0 spiro atoms. The minimum Gasteiger partial charge on any atom is -0.386 e. The van der Waals surface area contributed by atoms with Crippen molar-refractivity contribution in [3.8, 4) is 0 Å². The Kier molecular flexibility index (Phi) is 3.70. The second-order valence-electron chi connectivity index (χ2n) is 4.58. The molecule has 88 valence electrons. The van der Waals surface area contributed by atoms with Crippen LogP contribution in [0.15, 0.2) is 0 Å². The van der Waals surface area contributed by atoms with Crippen LogP contribution in [-0.2, 0) is 9.53 Å². The van der Waals surface area contributed by atoms with Gasteiger partial charge in [0.25, 0.3) is 0 Å². The number of rotatable bonds is 4. The van der Waals surface area contributed by atoms with Crippen molar-refractivity contribution in [2.75, 3.05) is 26.8 Å². The third kappa shape index (κ3) is 3.15. The van der Waals surface area contributed by atoms with Crippen molar-refractivity contribution in [3.05, 3.63) is 0 Å². The Balaban J connectivity index is 2.40. The summed E-state index contributed by atoms with van der Waals surface area (Å²) < 4.78 is 5.09. The molecule has 0 aromatic rings. The van der Waals surface area contributed by atoms with Crippen LogP contribution in [0.1, 0.15) is 20.3 Å². The second-order valence-corrected chi connectivity index (χ2v) is 4.58. The Bertz CT molecular complexity index is 235. The largest absolute Gasteiger partial charge is 0.386 e. The molecule has 5 heteroatoms. The molecule has 1 aliphatic rings. The number of ether oxygens (including phenoxy) is 1. The first-order chi connectivity index (χ1) is 6.90. The van der Waals surface area contributed by atoms with Crippen LogP contribution < -0.4 is 10.6 Å². The molecular formula is C10H20N2O3. The molecule has 0 aliphatic carbocycles. The number of hydrogen-bond acceptors (Lipinski definition) is 4. The molecule has 0 saturated carbocycles. The molecule has 0 aromatic heterocycles. The van der Waals surface area contributed by atoms with Gasteiger partial charge in [0.05, 0.1) is 12.1 Å². The predicted octanol–water partition coefficient (Wildman–Crippen LogP) is -0.748. The Morgan fingerprint density at radius 1 is 1.60 bits per heavy atom. The molecule has 1 aliphatic heterocycles. The Labute approximate surface area is 90.2 Å². The summed E-state index contributed by atoms with van der Waals surface area (Å²) in [5, 5.41) is 15.5. The lowest BCUT2D eigenvalue weighted by molar-refractivity contribution is -0.127. The summed E-state index contributed by atoms with van der Waals surface area (Å²) in [5.74, 6) is -0.120. The Morgan fingerprint density at radius 3 is 2.73 bits per heavy atom. The van der Waals surface area contributed by atoms with Gasteiger partial charge < -0.3 is 20.5 Å². The number of nitrogens with one attached hydrogen (secondary N) is 2. The summed E-state index contributed by atoms with van der Waals surface area (Å²) in [5.41, 5.74) is -1.50. The van der Waals surface area contributed by atoms with Crippen LogP contribution in [0.25, 0.3) is 0 Å². The number of carbonyl (C=O) groups excluding carboxylic acids is 1. The topological polar surface area (TPSA) is 70.6 Å². The van der Waals surface area contributed by atoms with Crippen molar-refractivity contribution in [1.29, 1.82) is 0 Å². The number of aliphatic hydroxyl groups is 1. The molecule has 1 unspecified atom stereocenters. The third-order valence-corrected chi connectivity index (χ3v) is 2.85. The zero-order valence-electron chi connectivity index (χ0n) is 9.59. The van der Waals surface area contributed by atoms with Gasteiger partial charge in [-0.15, -0.1) is 0 Å². The van der Waals surface area contributed by atoms with E-state index in [1.54, 1.807) is 20.9 Å². The molecule has 1 fully saturated rings. The quantitative estimate of drug-likeness (QED) is 0.578. The van der Waals surface area contributed by atoms with Crippen LogP contribution in [0, 0.1) is 0 Å². The molecule has 1 rings (SSSR count). The molecular weight excluding hydrogens is 196 g/mol. The normalized spacial score (nSPS) is 26.7. The highest BCUT2D eigenvalue weighted by Crippen LogP contribution is 2.17. The Morgan fingerprint density at radius 2 is 2.27 bits per heavy atom. The van der Waals surface area contributed by atoms with E-state index in [0.29, 0.717) is 19.6 Å². The van der Waals surface area contributed by atoms with Gasteiger partial charge in [0.1, 0.15) is 5.60 Å². The van der Waals surface area contributed by atoms with E-state index in [4.69, 9.17) is 4.74 Å². The van der Waals surface area contributed by atoms with E-state index in [0.717, 1.165) is 0 Å². The minimum atomic E-state index is -0.889. The molecule has 15 heavy (non-hydrogen) atoms. The van der Waals surface area contributed by atoms with Gasteiger partial charge in [-0.3, -0.25) is 4.79 Å². The number of carbonyl (C=O) groups is 1. The lowest BCUT2D eigenvalue weighted by atomic mass is 10.0. The molecule has 5 nitrogen and oxygen atoms in total. The van der Waals surface area contributed by atoms with E-state index < -0.39 is 11.1 Å². The monoisotopic (exact) mass is 216 g/mol. The first-order valence-corrected chi connectivity index (χ1v) is 5.17. The van der Waals surface area contributed by atoms with Gasteiger partial charge in [0.2, 0.25) is 5.91 Å². The molecule has 0 bridgehead atoms. The zero-order chi connectivity index (χ0) is 11.5. The lowest BCUT2D eigenvalue weighted by Gasteiger charge is -2.26. The van der Waals surface area contributed by atoms with Gasteiger partial charge in [-0.1, -0.05) is 0 Å². The number of hydrogen-bond donors (Lipinski definition) is 3. The molecule has 0 radical (unpaired) electrons. The number of amides is 1. The maximum Gasteiger partial charge on any atom is 0.239 e. The Hall–Kier alpha value is -0.650. The van der Waals surface area contributed by atoms with Gasteiger partial charge in [0, 0.05) is 19.6 Å². The molecule has 1 amide bonds. The van der Waals surface area contributed by atoms with Crippen LogP contribution in [0.2, 0.25) is 0 Å². The van der Waals surface area contributed by atoms with Crippen molar-refractivity contribution in [2.24, 2.45) is 0 Å². The summed E-state index contributed by atoms with van der Waals surface area (Å²) in [7, 11) is 1.73. The van der Waals surface area contributed by atoms with Gasteiger partial charge in [0.15, 0.2) is 0 Å². The first kappa shape index (κ1) is 12.4. The zero-order valence-corrected chi connectivity index (χ0v) is 9.59. The second kappa shape index (κ2) is 4.47. The van der Waals surface area contributed by atoms with Gasteiger partial charge in [-0.05, 0) is 20.9 Å². The van der Waals surface area contributed by atoms with Crippen LogP contribution in [0.4, 0.5) is 0 Å². The SMILES string of the molecule is CNC(C)(C)C(=O)NCC1(O)CCOC1. The predicted molar refractivity (Wildman–Crippen MR) is 56.5 cm³/mol. The summed E-state index contributed by atoms with van der Waals surface area (Å²) in [6, 6.07) is 0. The average molecular weight is 216 g/mol. The third-order valence-electron chi connectivity index (χ3n) is 2.85. The van der Waals surface area contributed by atoms with E-state index in [1.807, 2.05) is 0 Å².